The summed E-state index contributed by atoms with van der Waals surface area (Å²) in [7, 11) is -1.71. The zero-order valence-electron chi connectivity index (χ0n) is 12.2. The number of anilines is 1. The summed E-state index contributed by atoms with van der Waals surface area (Å²) in [4.78, 5) is 14.2. The number of nitrogens with zero attached hydrogens (tertiary/aromatic N) is 1. The molecule has 1 fully saturated rings. The molecular weight excluding hydrogens is 291 g/mol. The predicted octanol–water partition coefficient (Wildman–Crippen LogP) is 2.31. The number of carbonyl (C=O) groups excluding carboxylic acids is 1. The van der Waals surface area contributed by atoms with E-state index in [4.69, 9.17) is 5.73 Å². The molecule has 1 aromatic rings. The molecular formula is C15H21FN2O2S. The Morgan fingerprint density at radius 2 is 1.90 bits per heavy atom. The molecule has 6 heteroatoms. The van der Waals surface area contributed by atoms with Crippen LogP contribution >= 0.6 is 0 Å². The molecule has 0 aromatic heterocycles. The van der Waals surface area contributed by atoms with Gasteiger partial charge in [-0.2, -0.15) is 0 Å². The number of amides is 1. The summed E-state index contributed by atoms with van der Waals surface area (Å²) < 4.78 is 26.3. The van der Waals surface area contributed by atoms with Gasteiger partial charge in [0.15, 0.2) is 0 Å². The molecule has 0 aliphatic carbocycles. The quantitative estimate of drug-likeness (QED) is 0.871. The SMILES string of the molecule is CC(C(=O)N1CCCCCC1)S(=O)c1ccc(N)cc1F. The first-order valence-corrected chi connectivity index (χ1v) is 8.46. The number of rotatable bonds is 3. The third kappa shape index (κ3) is 3.81. The maximum absolute atomic E-state index is 13.8. The number of hydrogen-bond donors (Lipinski definition) is 1. The molecule has 1 saturated heterocycles. The number of benzene rings is 1. The van der Waals surface area contributed by atoms with Gasteiger partial charge in [0.25, 0.3) is 0 Å². The van der Waals surface area contributed by atoms with Gasteiger partial charge in [0, 0.05) is 18.8 Å². The molecule has 0 saturated carbocycles. The van der Waals surface area contributed by atoms with Gasteiger partial charge in [0.05, 0.1) is 15.7 Å². The monoisotopic (exact) mass is 312 g/mol. The van der Waals surface area contributed by atoms with E-state index in [1.165, 1.54) is 12.1 Å². The lowest BCUT2D eigenvalue weighted by Crippen LogP contribution is -2.40. The van der Waals surface area contributed by atoms with E-state index in [0.717, 1.165) is 31.7 Å². The zero-order valence-corrected chi connectivity index (χ0v) is 13.0. The van der Waals surface area contributed by atoms with Gasteiger partial charge in [-0.25, -0.2) is 4.39 Å². The third-order valence-corrected chi connectivity index (χ3v) is 5.37. The highest BCUT2D eigenvalue weighted by atomic mass is 32.2. The van der Waals surface area contributed by atoms with E-state index in [0.29, 0.717) is 13.1 Å². The van der Waals surface area contributed by atoms with E-state index in [2.05, 4.69) is 0 Å². The Kier molecular flexibility index (Phi) is 5.33. The lowest BCUT2D eigenvalue weighted by atomic mass is 10.2. The highest BCUT2D eigenvalue weighted by Crippen LogP contribution is 2.20. The summed E-state index contributed by atoms with van der Waals surface area (Å²) in [6.45, 7) is 2.99. The largest absolute Gasteiger partial charge is 0.399 e. The number of carbonyl (C=O) groups is 1. The van der Waals surface area contributed by atoms with Crippen molar-refractivity contribution in [3.8, 4) is 0 Å². The van der Waals surface area contributed by atoms with Gasteiger partial charge < -0.3 is 10.6 Å². The van der Waals surface area contributed by atoms with E-state index >= 15 is 0 Å². The molecule has 0 bridgehead atoms. The zero-order chi connectivity index (χ0) is 15.4. The van der Waals surface area contributed by atoms with Gasteiger partial charge in [-0.3, -0.25) is 9.00 Å². The van der Waals surface area contributed by atoms with Gasteiger partial charge in [0.2, 0.25) is 5.91 Å². The van der Waals surface area contributed by atoms with Crippen molar-refractivity contribution in [3.63, 3.8) is 0 Å². The first kappa shape index (κ1) is 15.9. The highest BCUT2D eigenvalue weighted by Gasteiger charge is 2.28. The molecule has 2 atom stereocenters. The molecule has 1 aromatic carbocycles. The number of likely N-dealkylation sites (tertiary alicyclic amines) is 1. The molecule has 1 amide bonds. The highest BCUT2D eigenvalue weighted by molar-refractivity contribution is 7.86. The second-order valence-electron chi connectivity index (χ2n) is 5.37. The number of halogens is 1. The minimum atomic E-state index is -1.71. The molecule has 21 heavy (non-hydrogen) atoms. The fraction of sp³-hybridized carbons (Fsp3) is 0.533. The lowest BCUT2D eigenvalue weighted by Gasteiger charge is -2.23. The Bertz CT molecular complexity index is 542. The molecule has 2 rings (SSSR count). The second kappa shape index (κ2) is 7.02. The van der Waals surface area contributed by atoms with Crippen LogP contribution in [0.15, 0.2) is 23.1 Å². The third-order valence-electron chi connectivity index (χ3n) is 3.76. The van der Waals surface area contributed by atoms with Crippen LogP contribution in [0.1, 0.15) is 32.6 Å². The standard InChI is InChI=1S/C15H21FN2O2S/c1-11(15(19)18-8-4-2-3-5-9-18)21(20)14-7-6-12(17)10-13(14)16/h6-7,10-11H,2-5,8-9,17H2,1H3. The van der Waals surface area contributed by atoms with Crippen LogP contribution in [0.2, 0.25) is 0 Å². The molecule has 116 valence electrons. The Balaban J connectivity index is 2.12. The van der Waals surface area contributed by atoms with E-state index in [9.17, 15) is 13.4 Å². The normalized spacial score (nSPS) is 18.9. The van der Waals surface area contributed by atoms with Crippen LogP contribution < -0.4 is 5.73 Å². The molecule has 1 aliphatic heterocycles. The summed E-state index contributed by atoms with van der Waals surface area (Å²) in [5, 5.41) is -0.749. The molecule has 0 spiro atoms. The van der Waals surface area contributed by atoms with Crippen molar-refractivity contribution in [1.29, 1.82) is 0 Å². The Morgan fingerprint density at radius 3 is 2.48 bits per heavy atom. The summed E-state index contributed by atoms with van der Waals surface area (Å²) in [6, 6.07) is 4.03. The van der Waals surface area contributed by atoms with E-state index < -0.39 is 21.9 Å². The van der Waals surface area contributed by atoms with E-state index in [-0.39, 0.29) is 16.5 Å². The van der Waals surface area contributed by atoms with Crippen LogP contribution in [0.3, 0.4) is 0 Å². The second-order valence-corrected chi connectivity index (χ2v) is 7.11. The molecule has 0 radical (unpaired) electrons. The Morgan fingerprint density at radius 1 is 1.29 bits per heavy atom. The summed E-state index contributed by atoms with van der Waals surface area (Å²) >= 11 is 0. The van der Waals surface area contributed by atoms with E-state index in [1.54, 1.807) is 11.8 Å². The summed E-state index contributed by atoms with van der Waals surface area (Å²) in [5.74, 6) is -0.782. The lowest BCUT2D eigenvalue weighted by molar-refractivity contribution is -0.130. The van der Waals surface area contributed by atoms with Gasteiger partial charge in [0.1, 0.15) is 11.1 Å². The number of nitrogen functional groups attached to an aromatic ring is 1. The molecule has 2 N–H and O–H groups in total. The average molecular weight is 312 g/mol. The van der Waals surface area contributed by atoms with Gasteiger partial charge >= 0.3 is 0 Å². The van der Waals surface area contributed by atoms with Crippen LogP contribution in [0.4, 0.5) is 10.1 Å². The van der Waals surface area contributed by atoms with Crippen molar-refractivity contribution in [2.75, 3.05) is 18.8 Å². The maximum atomic E-state index is 13.8. The van der Waals surface area contributed by atoms with Crippen LogP contribution in [0, 0.1) is 5.82 Å². The van der Waals surface area contributed by atoms with Crippen molar-refractivity contribution < 1.29 is 13.4 Å². The van der Waals surface area contributed by atoms with E-state index in [1.807, 2.05) is 0 Å². The average Bonchev–Trinajstić information content (AvgIpc) is 2.74. The number of nitrogens with two attached hydrogens (primary N) is 1. The maximum Gasteiger partial charge on any atom is 0.238 e. The number of hydrogen-bond acceptors (Lipinski definition) is 3. The predicted molar refractivity (Wildman–Crippen MR) is 81.7 cm³/mol. The van der Waals surface area contributed by atoms with Crippen molar-refractivity contribution in [3.05, 3.63) is 24.0 Å². The minimum absolute atomic E-state index is 0.0415. The first-order valence-electron chi connectivity index (χ1n) is 7.25. The summed E-state index contributed by atoms with van der Waals surface area (Å²) in [6.07, 6.45) is 4.18. The fourth-order valence-electron chi connectivity index (χ4n) is 2.51. The fourth-order valence-corrected chi connectivity index (χ4v) is 3.68. The molecule has 1 aliphatic rings. The van der Waals surface area contributed by atoms with Crippen molar-refractivity contribution in [1.82, 2.24) is 4.90 Å². The van der Waals surface area contributed by atoms with Crippen LogP contribution in [0.25, 0.3) is 0 Å². The topological polar surface area (TPSA) is 63.4 Å². The van der Waals surface area contributed by atoms with Crippen molar-refractivity contribution >= 4 is 22.4 Å². The Hall–Kier alpha value is -1.43. The van der Waals surface area contributed by atoms with Gasteiger partial charge in [-0.1, -0.05) is 12.8 Å². The summed E-state index contributed by atoms with van der Waals surface area (Å²) in [5.41, 5.74) is 5.76. The molecule has 1 heterocycles. The first-order chi connectivity index (χ1) is 10.0. The molecule has 4 nitrogen and oxygen atoms in total. The Labute approximate surface area is 127 Å². The smallest absolute Gasteiger partial charge is 0.238 e. The van der Waals surface area contributed by atoms with Crippen LogP contribution in [-0.2, 0) is 15.6 Å². The van der Waals surface area contributed by atoms with Crippen molar-refractivity contribution in [2.24, 2.45) is 0 Å². The minimum Gasteiger partial charge on any atom is -0.399 e. The van der Waals surface area contributed by atoms with Crippen LogP contribution in [0.5, 0.6) is 0 Å². The van der Waals surface area contributed by atoms with Crippen LogP contribution in [-0.4, -0.2) is 33.4 Å². The van der Waals surface area contributed by atoms with Crippen molar-refractivity contribution in [2.45, 2.75) is 42.8 Å². The van der Waals surface area contributed by atoms with Gasteiger partial charge in [-0.05, 0) is 38.0 Å². The molecule has 2 unspecified atom stereocenters. The van der Waals surface area contributed by atoms with Gasteiger partial charge in [-0.15, -0.1) is 0 Å².